The molecule has 162 valence electrons. The molecule has 31 heavy (non-hydrogen) atoms. The Bertz CT molecular complexity index is 1160. The van der Waals surface area contributed by atoms with Crippen molar-refractivity contribution in [1.29, 1.82) is 0 Å². The minimum absolute atomic E-state index is 0.174. The predicted octanol–water partition coefficient (Wildman–Crippen LogP) is 4.88. The highest BCUT2D eigenvalue weighted by atomic mass is 32.2. The van der Waals surface area contributed by atoms with E-state index >= 15 is 0 Å². The first-order chi connectivity index (χ1) is 14.7. The molecule has 7 heteroatoms. The normalized spacial score (nSPS) is 11.4. The zero-order valence-corrected chi connectivity index (χ0v) is 18.5. The molecular formula is C24H25NO5S. The van der Waals surface area contributed by atoms with Crippen molar-refractivity contribution in [3.63, 3.8) is 0 Å². The molecule has 3 rings (SSSR count). The van der Waals surface area contributed by atoms with Crippen molar-refractivity contribution in [2.75, 3.05) is 4.31 Å². The molecule has 0 unspecified atom stereocenters. The predicted molar refractivity (Wildman–Crippen MR) is 120 cm³/mol. The Kier molecular flexibility index (Phi) is 6.65. The molecule has 0 aromatic heterocycles. The van der Waals surface area contributed by atoms with Gasteiger partial charge in [0.05, 0.1) is 16.1 Å². The Balaban J connectivity index is 1.96. The summed E-state index contributed by atoms with van der Waals surface area (Å²) < 4.78 is 34.2. The number of carbonyl (C=O) groups is 1. The quantitative estimate of drug-likeness (QED) is 0.541. The molecule has 3 aromatic rings. The van der Waals surface area contributed by atoms with Crippen LogP contribution in [0.3, 0.4) is 0 Å². The Labute approximate surface area is 182 Å². The van der Waals surface area contributed by atoms with Gasteiger partial charge in [0, 0.05) is 6.04 Å². The van der Waals surface area contributed by atoms with Crippen LogP contribution in [-0.4, -0.2) is 25.5 Å². The van der Waals surface area contributed by atoms with E-state index in [0.717, 1.165) is 11.1 Å². The third-order valence-electron chi connectivity index (χ3n) is 4.72. The molecule has 0 aliphatic rings. The van der Waals surface area contributed by atoms with Gasteiger partial charge >= 0.3 is 5.97 Å². The lowest BCUT2D eigenvalue weighted by molar-refractivity contribution is 0.0697. The summed E-state index contributed by atoms with van der Waals surface area (Å²) in [6, 6.07) is 19.7. The largest absolute Gasteiger partial charge is 0.487 e. The smallest absolute Gasteiger partial charge is 0.335 e. The number of benzene rings is 3. The fourth-order valence-corrected chi connectivity index (χ4v) is 4.91. The zero-order chi connectivity index (χ0) is 22.6. The molecule has 0 aliphatic carbocycles. The lowest BCUT2D eigenvalue weighted by atomic mass is 10.1. The second kappa shape index (κ2) is 9.22. The number of ether oxygens (including phenoxy) is 1. The lowest BCUT2D eigenvalue weighted by Gasteiger charge is -2.30. The summed E-state index contributed by atoms with van der Waals surface area (Å²) in [7, 11) is -3.80. The number of carboxylic acid groups (broad SMARTS) is 1. The molecule has 3 aromatic carbocycles. The van der Waals surface area contributed by atoms with E-state index in [0.29, 0.717) is 11.4 Å². The second-order valence-electron chi connectivity index (χ2n) is 7.47. The summed E-state index contributed by atoms with van der Waals surface area (Å²) in [5, 5.41) is 9.04. The molecule has 0 amide bonds. The number of aromatic carboxylic acids is 1. The standard InChI is InChI=1S/C24H25NO5S/c1-17(2)25(31(28,29)21-7-5-4-6-8-21)22-14-9-18(3)15-23(22)30-16-19-10-12-20(13-11-19)24(26)27/h4-15,17H,16H2,1-3H3,(H,26,27). The van der Waals surface area contributed by atoms with Gasteiger partial charge in [-0.25, -0.2) is 13.2 Å². The van der Waals surface area contributed by atoms with E-state index in [9.17, 15) is 13.2 Å². The first-order valence-corrected chi connectivity index (χ1v) is 11.3. The van der Waals surface area contributed by atoms with Crippen molar-refractivity contribution >= 4 is 21.7 Å². The molecule has 0 bridgehead atoms. The van der Waals surface area contributed by atoms with Crippen molar-refractivity contribution in [2.24, 2.45) is 0 Å². The van der Waals surface area contributed by atoms with Crippen LogP contribution < -0.4 is 9.04 Å². The van der Waals surface area contributed by atoms with Gasteiger partial charge in [-0.3, -0.25) is 4.31 Å². The number of hydrogen-bond acceptors (Lipinski definition) is 4. The van der Waals surface area contributed by atoms with Crippen LogP contribution in [0.15, 0.2) is 77.7 Å². The van der Waals surface area contributed by atoms with E-state index in [1.54, 1.807) is 54.6 Å². The van der Waals surface area contributed by atoms with Gasteiger partial charge in [0.25, 0.3) is 10.0 Å². The van der Waals surface area contributed by atoms with E-state index in [4.69, 9.17) is 9.84 Å². The molecule has 0 radical (unpaired) electrons. The Morgan fingerprint density at radius 2 is 1.65 bits per heavy atom. The lowest BCUT2D eigenvalue weighted by Crippen LogP contribution is -2.37. The van der Waals surface area contributed by atoms with Gasteiger partial charge in [0.15, 0.2) is 0 Å². The first kappa shape index (κ1) is 22.4. The fourth-order valence-electron chi connectivity index (χ4n) is 3.21. The van der Waals surface area contributed by atoms with Crippen LogP contribution in [-0.2, 0) is 16.6 Å². The molecule has 0 atom stereocenters. The van der Waals surface area contributed by atoms with Gasteiger partial charge in [-0.05, 0) is 68.3 Å². The van der Waals surface area contributed by atoms with Crippen molar-refractivity contribution < 1.29 is 23.1 Å². The van der Waals surface area contributed by atoms with Gasteiger partial charge in [0.1, 0.15) is 12.4 Å². The van der Waals surface area contributed by atoms with Crippen molar-refractivity contribution in [1.82, 2.24) is 0 Å². The number of anilines is 1. The SMILES string of the molecule is Cc1ccc(N(C(C)C)S(=O)(=O)c2ccccc2)c(OCc2ccc(C(=O)O)cc2)c1. The van der Waals surface area contributed by atoms with Crippen LogP contribution in [0.25, 0.3) is 0 Å². The molecule has 0 saturated carbocycles. The molecule has 1 N–H and O–H groups in total. The summed E-state index contributed by atoms with van der Waals surface area (Å²) in [6.45, 7) is 5.71. The molecule has 0 heterocycles. The minimum atomic E-state index is -3.80. The second-order valence-corrected chi connectivity index (χ2v) is 9.28. The van der Waals surface area contributed by atoms with Gasteiger partial charge in [-0.15, -0.1) is 0 Å². The highest BCUT2D eigenvalue weighted by Crippen LogP contribution is 2.35. The van der Waals surface area contributed by atoms with Crippen LogP contribution >= 0.6 is 0 Å². The number of sulfonamides is 1. The van der Waals surface area contributed by atoms with E-state index in [1.165, 1.54) is 16.4 Å². The monoisotopic (exact) mass is 439 g/mol. The van der Waals surface area contributed by atoms with Crippen LogP contribution in [0.4, 0.5) is 5.69 Å². The summed E-state index contributed by atoms with van der Waals surface area (Å²) in [5.41, 5.74) is 2.35. The highest BCUT2D eigenvalue weighted by molar-refractivity contribution is 7.92. The minimum Gasteiger partial charge on any atom is -0.487 e. The van der Waals surface area contributed by atoms with Crippen molar-refractivity contribution in [3.05, 3.63) is 89.5 Å². The Hall–Kier alpha value is -3.32. The molecule has 0 fully saturated rings. The number of aryl methyl sites for hydroxylation is 1. The summed E-state index contributed by atoms with van der Waals surface area (Å²) in [5.74, 6) is -0.553. The van der Waals surface area contributed by atoms with Gasteiger partial charge in [-0.2, -0.15) is 0 Å². The maximum absolute atomic E-state index is 13.4. The number of nitrogens with zero attached hydrogens (tertiary/aromatic N) is 1. The molecule has 0 spiro atoms. The Morgan fingerprint density at radius 3 is 2.23 bits per heavy atom. The van der Waals surface area contributed by atoms with Crippen molar-refractivity contribution in [2.45, 2.75) is 38.3 Å². The fraction of sp³-hybridized carbons (Fsp3) is 0.208. The summed E-state index contributed by atoms with van der Waals surface area (Å²) >= 11 is 0. The summed E-state index contributed by atoms with van der Waals surface area (Å²) in [6.07, 6.45) is 0. The molecule has 0 aliphatic heterocycles. The van der Waals surface area contributed by atoms with Gasteiger partial charge in [-0.1, -0.05) is 36.4 Å². The zero-order valence-electron chi connectivity index (χ0n) is 17.6. The van der Waals surface area contributed by atoms with Gasteiger partial charge in [0.2, 0.25) is 0 Å². The topological polar surface area (TPSA) is 83.9 Å². The molecular weight excluding hydrogens is 414 g/mol. The van der Waals surface area contributed by atoms with Crippen molar-refractivity contribution in [3.8, 4) is 5.75 Å². The summed E-state index contributed by atoms with van der Waals surface area (Å²) in [4.78, 5) is 11.2. The van der Waals surface area contributed by atoms with Crippen LogP contribution in [0, 0.1) is 6.92 Å². The van der Waals surface area contributed by atoms with Crippen LogP contribution in [0.5, 0.6) is 5.75 Å². The van der Waals surface area contributed by atoms with E-state index < -0.39 is 16.0 Å². The maximum Gasteiger partial charge on any atom is 0.335 e. The maximum atomic E-state index is 13.4. The number of rotatable bonds is 8. The molecule has 0 saturated heterocycles. The number of hydrogen-bond donors (Lipinski definition) is 1. The molecule has 6 nitrogen and oxygen atoms in total. The first-order valence-electron chi connectivity index (χ1n) is 9.85. The number of carboxylic acids is 1. The van der Waals surface area contributed by atoms with Gasteiger partial charge < -0.3 is 9.84 Å². The van der Waals surface area contributed by atoms with E-state index in [1.807, 2.05) is 26.8 Å². The van der Waals surface area contributed by atoms with Crippen LogP contribution in [0.1, 0.15) is 35.3 Å². The van der Waals surface area contributed by atoms with E-state index in [-0.39, 0.29) is 23.1 Å². The average molecular weight is 440 g/mol. The third kappa shape index (κ3) is 5.06. The Morgan fingerprint density at radius 1 is 1.00 bits per heavy atom. The average Bonchev–Trinajstić information content (AvgIpc) is 2.74. The third-order valence-corrected chi connectivity index (χ3v) is 6.72. The van der Waals surface area contributed by atoms with E-state index in [2.05, 4.69) is 0 Å². The highest BCUT2D eigenvalue weighted by Gasteiger charge is 2.29. The van der Waals surface area contributed by atoms with Crippen LogP contribution in [0.2, 0.25) is 0 Å².